The molecular formula is C21H36N4O6. The Bertz CT molecular complexity index is 726. The molecule has 10 nitrogen and oxygen atoms in total. The summed E-state index contributed by atoms with van der Waals surface area (Å²) in [7, 11) is 2.82. The lowest BCUT2D eigenvalue weighted by Crippen LogP contribution is -2.58. The van der Waals surface area contributed by atoms with E-state index in [9.17, 15) is 19.2 Å². The molecule has 4 atom stereocenters. The third-order valence-corrected chi connectivity index (χ3v) is 5.66. The molecule has 0 aromatic heterocycles. The van der Waals surface area contributed by atoms with E-state index in [0.717, 1.165) is 0 Å². The summed E-state index contributed by atoms with van der Waals surface area (Å²) in [5.74, 6) is -1.42. The van der Waals surface area contributed by atoms with E-state index in [4.69, 9.17) is 9.47 Å². The number of nitrogens with zero attached hydrogens (tertiary/aromatic N) is 2. The first kappa shape index (κ1) is 24.7. The van der Waals surface area contributed by atoms with Gasteiger partial charge in [-0.1, -0.05) is 20.8 Å². The molecule has 10 heteroatoms. The summed E-state index contributed by atoms with van der Waals surface area (Å²) in [6.45, 7) is 11.3. The number of fused-ring (bicyclic) bond motifs is 1. The maximum atomic E-state index is 13.6. The fraction of sp³-hybridized carbons (Fsp3) is 0.810. The summed E-state index contributed by atoms with van der Waals surface area (Å²) in [5.41, 5.74) is -1.31. The monoisotopic (exact) mass is 440 g/mol. The molecule has 0 saturated carbocycles. The van der Waals surface area contributed by atoms with Crippen LogP contribution in [0.1, 0.15) is 48.0 Å². The summed E-state index contributed by atoms with van der Waals surface area (Å²) < 4.78 is 10.3. The van der Waals surface area contributed by atoms with Crippen LogP contribution < -0.4 is 10.6 Å². The van der Waals surface area contributed by atoms with Crippen LogP contribution in [0.15, 0.2) is 0 Å². The quantitative estimate of drug-likeness (QED) is 0.640. The van der Waals surface area contributed by atoms with Crippen LogP contribution in [0, 0.1) is 11.3 Å². The Morgan fingerprint density at radius 1 is 1.03 bits per heavy atom. The molecule has 0 aromatic rings. The molecule has 0 aromatic carbocycles. The van der Waals surface area contributed by atoms with Crippen molar-refractivity contribution in [3.8, 4) is 0 Å². The van der Waals surface area contributed by atoms with E-state index >= 15 is 0 Å². The number of amides is 4. The standard InChI is InChI=1S/C21H36N4O6/c1-20(2,3)15(23-19(29)31-21(4,5)6)16(26)24-10-9-13-14(24)12(17(27)30-8)11-25(13)18(28)22-7/h12-15H,9-11H2,1-8H3,(H,22,28)(H,23,29). The van der Waals surface area contributed by atoms with Crippen molar-refractivity contribution in [2.45, 2.75) is 71.7 Å². The molecule has 2 aliphatic rings. The molecule has 0 radical (unpaired) electrons. The minimum atomic E-state index is -0.867. The van der Waals surface area contributed by atoms with Crippen LogP contribution in [0.4, 0.5) is 9.59 Å². The maximum Gasteiger partial charge on any atom is 0.408 e. The van der Waals surface area contributed by atoms with E-state index in [2.05, 4.69) is 10.6 Å². The van der Waals surface area contributed by atoms with Gasteiger partial charge in [0, 0.05) is 20.1 Å². The highest BCUT2D eigenvalue weighted by molar-refractivity contribution is 5.88. The summed E-state index contributed by atoms with van der Waals surface area (Å²) in [6.07, 6.45) is -0.139. The van der Waals surface area contributed by atoms with Crippen molar-refractivity contribution in [3.05, 3.63) is 0 Å². The van der Waals surface area contributed by atoms with Crippen LogP contribution >= 0.6 is 0 Å². The molecule has 2 aliphatic heterocycles. The molecule has 2 heterocycles. The SMILES string of the molecule is CNC(=O)N1CC(C(=O)OC)C2C1CCN2C(=O)C(NC(=O)OC(C)(C)C)C(C)(C)C. The molecule has 2 fully saturated rings. The lowest BCUT2D eigenvalue weighted by molar-refractivity contribution is -0.148. The molecule has 2 saturated heterocycles. The molecule has 4 unspecified atom stereocenters. The third kappa shape index (κ3) is 5.40. The summed E-state index contributed by atoms with van der Waals surface area (Å²) in [6, 6.07) is -1.97. The predicted octanol–water partition coefficient (Wildman–Crippen LogP) is 1.34. The normalized spacial score (nSPS) is 24.3. The van der Waals surface area contributed by atoms with Crippen molar-refractivity contribution in [2.24, 2.45) is 11.3 Å². The Balaban J connectivity index is 2.31. The number of rotatable bonds is 3. The lowest BCUT2D eigenvalue weighted by Gasteiger charge is -2.36. The molecule has 31 heavy (non-hydrogen) atoms. The molecule has 176 valence electrons. The Morgan fingerprint density at radius 2 is 1.65 bits per heavy atom. The second-order valence-corrected chi connectivity index (χ2v) is 10.2. The number of ether oxygens (including phenoxy) is 2. The Kier molecular flexibility index (Phi) is 7.12. The third-order valence-electron chi connectivity index (χ3n) is 5.66. The van der Waals surface area contributed by atoms with Crippen LogP contribution in [0.3, 0.4) is 0 Å². The number of nitrogens with one attached hydrogen (secondary N) is 2. The summed E-state index contributed by atoms with van der Waals surface area (Å²) in [5, 5.41) is 5.31. The highest BCUT2D eigenvalue weighted by Crippen LogP contribution is 2.37. The van der Waals surface area contributed by atoms with Gasteiger partial charge in [0.2, 0.25) is 5.91 Å². The zero-order valence-corrected chi connectivity index (χ0v) is 19.8. The van der Waals surface area contributed by atoms with Gasteiger partial charge >= 0.3 is 18.1 Å². The van der Waals surface area contributed by atoms with E-state index in [-0.39, 0.29) is 24.5 Å². The smallest absolute Gasteiger partial charge is 0.408 e. The molecule has 2 rings (SSSR count). The fourth-order valence-electron chi connectivity index (χ4n) is 4.32. The highest BCUT2D eigenvalue weighted by atomic mass is 16.6. The van der Waals surface area contributed by atoms with Crippen LogP contribution in [0.25, 0.3) is 0 Å². The van der Waals surface area contributed by atoms with Gasteiger partial charge in [-0.25, -0.2) is 9.59 Å². The van der Waals surface area contributed by atoms with Gasteiger partial charge in [-0.15, -0.1) is 0 Å². The molecule has 0 aliphatic carbocycles. The summed E-state index contributed by atoms with van der Waals surface area (Å²) in [4.78, 5) is 54.1. The molecule has 0 spiro atoms. The number of urea groups is 1. The minimum absolute atomic E-state index is 0.172. The number of hydrogen-bond donors (Lipinski definition) is 2. The van der Waals surface area contributed by atoms with E-state index in [0.29, 0.717) is 13.0 Å². The van der Waals surface area contributed by atoms with E-state index in [1.807, 2.05) is 20.8 Å². The van der Waals surface area contributed by atoms with E-state index in [1.165, 1.54) is 14.2 Å². The number of methoxy groups -OCH3 is 1. The van der Waals surface area contributed by atoms with Crippen molar-refractivity contribution < 1.29 is 28.7 Å². The van der Waals surface area contributed by atoms with Gasteiger partial charge in [-0.3, -0.25) is 9.59 Å². The van der Waals surface area contributed by atoms with Gasteiger partial charge in [-0.05, 0) is 32.6 Å². The minimum Gasteiger partial charge on any atom is -0.469 e. The topological polar surface area (TPSA) is 117 Å². The van der Waals surface area contributed by atoms with Crippen molar-refractivity contribution in [3.63, 3.8) is 0 Å². The van der Waals surface area contributed by atoms with Crippen molar-refractivity contribution in [1.82, 2.24) is 20.4 Å². The van der Waals surface area contributed by atoms with Crippen LogP contribution in [0.2, 0.25) is 0 Å². The first-order valence-electron chi connectivity index (χ1n) is 10.6. The largest absolute Gasteiger partial charge is 0.469 e. The molecule has 0 bridgehead atoms. The zero-order valence-electron chi connectivity index (χ0n) is 19.8. The number of hydrogen-bond acceptors (Lipinski definition) is 6. The Hall–Kier alpha value is -2.52. The van der Waals surface area contributed by atoms with Crippen molar-refractivity contribution in [1.29, 1.82) is 0 Å². The van der Waals surface area contributed by atoms with Gasteiger partial charge in [0.15, 0.2) is 0 Å². The Labute approximate surface area is 184 Å². The number of likely N-dealkylation sites (tertiary alicyclic amines) is 2. The second kappa shape index (κ2) is 8.92. The number of alkyl carbamates (subject to hydrolysis) is 1. The first-order valence-corrected chi connectivity index (χ1v) is 10.6. The second-order valence-electron chi connectivity index (χ2n) is 10.2. The van der Waals surface area contributed by atoms with Crippen molar-refractivity contribution in [2.75, 3.05) is 27.2 Å². The fourth-order valence-corrected chi connectivity index (χ4v) is 4.32. The zero-order chi connectivity index (χ0) is 23.7. The van der Waals surface area contributed by atoms with Crippen LogP contribution in [0.5, 0.6) is 0 Å². The van der Waals surface area contributed by atoms with Crippen molar-refractivity contribution >= 4 is 24.0 Å². The van der Waals surface area contributed by atoms with Gasteiger partial charge in [0.1, 0.15) is 11.6 Å². The lowest BCUT2D eigenvalue weighted by atomic mass is 9.85. The molecular weight excluding hydrogens is 404 g/mol. The molecule has 4 amide bonds. The maximum absolute atomic E-state index is 13.6. The summed E-state index contributed by atoms with van der Waals surface area (Å²) >= 11 is 0. The van der Waals surface area contributed by atoms with E-state index < -0.39 is 41.1 Å². The number of carbonyl (C=O) groups is 4. The first-order chi connectivity index (χ1) is 14.2. The average Bonchev–Trinajstić information content (AvgIpc) is 3.22. The highest BCUT2D eigenvalue weighted by Gasteiger charge is 2.56. The van der Waals surface area contributed by atoms with Gasteiger partial charge in [-0.2, -0.15) is 0 Å². The number of carbonyl (C=O) groups excluding carboxylic acids is 4. The van der Waals surface area contributed by atoms with Gasteiger partial charge in [0.05, 0.1) is 25.1 Å². The predicted molar refractivity (Wildman–Crippen MR) is 113 cm³/mol. The molecule has 2 N–H and O–H groups in total. The average molecular weight is 441 g/mol. The number of esters is 1. The van der Waals surface area contributed by atoms with Crippen LogP contribution in [-0.2, 0) is 19.1 Å². The van der Waals surface area contributed by atoms with E-state index in [1.54, 1.807) is 30.6 Å². The van der Waals surface area contributed by atoms with Gasteiger partial charge in [0.25, 0.3) is 0 Å². The van der Waals surface area contributed by atoms with Crippen LogP contribution in [-0.4, -0.2) is 84.8 Å². The van der Waals surface area contributed by atoms with Gasteiger partial charge < -0.3 is 29.9 Å². The Morgan fingerprint density at radius 3 is 2.13 bits per heavy atom.